The molecule has 1 N–H and O–H groups in total. The van der Waals surface area contributed by atoms with Crippen molar-refractivity contribution in [1.82, 2.24) is 9.88 Å². The maximum Gasteiger partial charge on any atom is 0.181 e. The van der Waals surface area contributed by atoms with Crippen molar-refractivity contribution < 1.29 is 4.42 Å². The van der Waals surface area contributed by atoms with Crippen molar-refractivity contribution in [2.24, 2.45) is 0 Å². The first-order chi connectivity index (χ1) is 10.4. The van der Waals surface area contributed by atoms with Gasteiger partial charge in [0, 0.05) is 29.9 Å². The van der Waals surface area contributed by atoms with Gasteiger partial charge in [-0.2, -0.15) is 0 Å². The summed E-state index contributed by atoms with van der Waals surface area (Å²) in [4.78, 5) is 6.65. The molecule has 0 bridgehead atoms. The van der Waals surface area contributed by atoms with Gasteiger partial charge in [0.1, 0.15) is 0 Å². The molecule has 2 aromatic rings. The number of piperidine rings is 1. The molecule has 0 saturated carbocycles. The number of aromatic nitrogens is 1. The molecule has 4 nitrogen and oxygen atoms in total. The summed E-state index contributed by atoms with van der Waals surface area (Å²) >= 11 is 0. The highest BCUT2D eigenvalue weighted by atomic mass is 16.3. The molecule has 1 aromatic heterocycles. The van der Waals surface area contributed by atoms with Crippen LogP contribution in [0.3, 0.4) is 0 Å². The van der Waals surface area contributed by atoms with Crippen molar-refractivity contribution in [1.29, 1.82) is 0 Å². The van der Waals surface area contributed by atoms with Gasteiger partial charge in [-0.05, 0) is 37.9 Å². The summed E-state index contributed by atoms with van der Waals surface area (Å²) in [7, 11) is 0. The highest BCUT2D eigenvalue weighted by molar-refractivity contribution is 5.63. The van der Waals surface area contributed by atoms with E-state index < -0.39 is 0 Å². The molecule has 4 heteroatoms. The molecule has 2 unspecified atom stereocenters. The largest absolute Gasteiger partial charge is 0.444 e. The number of oxazole rings is 1. The van der Waals surface area contributed by atoms with Crippen molar-refractivity contribution in [3.63, 3.8) is 0 Å². The van der Waals surface area contributed by atoms with Gasteiger partial charge in [-0.15, -0.1) is 0 Å². The van der Waals surface area contributed by atoms with E-state index in [9.17, 15) is 0 Å². The van der Waals surface area contributed by atoms with Crippen molar-refractivity contribution in [3.8, 4) is 11.3 Å². The van der Waals surface area contributed by atoms with Crippen LogP contribution in [0, 0.1) is 0 Å². The monoisotopic (exact) mass is 283 g/mol. The van der Waals surface area contributed by atoms with E-state index in [1.807, 2.05) is 0 Å². The van der Waals surface area contributed by atoms with Crippen LogP contribution in [0.25, 0.3) is 11.3 Å². The average molecular weight is 283 g/mol. The second-order valence-corrected chi connectivity index (χ2v) is 6.09. The van der Waals surface area contributed by atoms with Gasteiger partial charge in [-0.3, -0.25) is 4.90 Å². The number of benzene rings is 1. The summed E-state index contributed by atoms with van der Waals surface area (Å²) < 4.78 is 5.38. The lowest BCUT2D eigenvalue weighted by molar-refractivity contribution is 0.193. The fraction of sp³-hybridized carbons (Fsp3) is 0.471. The average Bonchev–Trinajstić information content (AvgIpc) is 3.18. The van der Waals surface area contributed by atoms with Crippen molar-refractivity contribution in [2.45, 2.75) is 37.8 Å². The molecule has 0 aliphatic carbocycles. The second kappa shape index (κ2) is 5.53. The standard InChI is InChI=1S/C17H21N3O/c1-2-8-20-9-7-15(16(20)6-1)19-14-5-3-4-13(10-14)17-11-18-12-21-17/h3-5,10-12,15-16,19H,1-2,6-9H2. The van der Waals surface area contributed by atoms with E-state index in [2.05, 4.69) is 39.5 Å². The number of nitrogens with zero attached hydrogens (tertiary/aromatic N) is 2. The summed E-state index contributed by atoms with van der Waals surface area (Å²) in [5, 5.41) is 3.74. The summed E-state index contributed by atoms with van der Waals surface area (Å²) in [5.74, 6) is 0.823. The van der Waals surface area contributed by atoms with Crippen molar-refractivity contribution >= 4 is 5.69 Å². The molecule has 3 heterocycles. The first-order valence-corrected chi connectivity index (χ1v) is 7.90. The Morgan fingerprint density at radius 1 is 1.19 bits per heavy atom. The fourth-order valence-corrected chi connectivity index (χ4v) is 3.75. The van der Waals surface area contributed by atoms with E-state index >= 15 is 0 Å². The number of hydrogen-bond acceptors (Lipinski definition) is 4. The molecule has 110 valence electrons. The second-order valence-electron chi connectivity index (χ2n) is 6.09. The highest BCUT2D eigenvalue weighted by Crippen LogP contribution is 2.30. The van der Waals surface area contributed by atoms with E-state index in [1.165, 1.54) is 50.9 Å². The van der Waals surface area contributed by atoms with Gasteiger partial charge in [0.15, 0.2) is 12.2 Å². The number of nitrogens with one attached hydrogen (secondary N) is 1. The van der Waals surface area contributed by atoms with Crippen LogP contribution in [-0.4, -0.2) is 35.1 Å². The Morgan fingerprint density at radius 3 is 3.10 bits per heavy atom. The third kappa shape index (κ3) is 2.56. The number of rotatable bonds is 3. The van der Waals surface area contributed by atoms with E-state index in [0.29, 0.717) is 12.1 Å². The number of anilines is 1. The molecule has 0 radical (unpaired) electrons. The van der Waals surface area contributed by atoms with E-state index in [4.69, 9.17) is 4.42 Å². The zero-order valence-corrected chi connectivity index (χ0v) is 12.2. The Kier molecular flexibility index (Phi) is 3.39. The lowest BCUT2D eigenvalue weighted by atomic mass is 9.98. The van der Waals surface area contributed by atoms with Crippen LogP contribution in [0.15, 0.2) is 41.3 Å². The first-order valence-electron chi connectivity index (χ1n) is 7.90. The van der Waals surface area contributed by atoms with Gasteiger partial charge < -0.3 is 9.73 Å². The van der Waals surface area contributed by atoms with E-state index in [1.54, 1.807) is 6.20 Å². The SMILES string of the molecule is c1cc(NC2CCN3CCCCC23)cc(-c2cnco2)c1. The molecule has 2 fully saturated rings. The molecule has 4 rings (SSSR count). The Labute approximate surface area is 125 Å². The first kappa shape index (κ1) is 12.9. The Hall–Kier alpha value is -1.81. The molecular formula is C17H21N3O. The third-order valence-electron chi connectivity index (χ3n) is 4.79. The van der Waals surface area contributed by atoms with Crippen LogP contribution >= 0.6 is 0 Å². The zero-order valence-electron chi connectivity index (χ0n) is 12.2. The highest BCUT2D eigenvalue weighted by Gasteiger charge is 2.35. The maximum atomic E-state index is 5.38. The van der Waals surface area contributed by atoms with Gasteiger partial charge in [0.2, 0.25) is 0 Å². The topological polar surface area (TPSA) is 41.3 Å². The minimum Gasteiger partial charge on any atom is -0.444 e. The molecule has 1 aromatic carbocycles. The lowest BCUT2D eigenvalue weighted by Crippen LogP contribution is -2.41. The molecule has 2 aliphatic rings. The van der Waals surface area contributed by atoms with Crippen LogP contribution < -0.4 is 5.32 Å². The van der Waals surface area contributed by atoms with Crippen LogP contribution in [0.1, 0.15) is 25.7 Å². The van der Waals surface area contributed by atoms with Crippen molar-refractivity contribution in [2.75, 3.05) is 18.4 Å². The van der Waals surface area contributed by atoms with Crippen LogP contribution in [0.2, 0.25) is 0 Å². The van der Waals surface area contributed by atoms with Crippen LogP contribution in [-0.2, 0) is 0 Å². The van der Waals surface area contributed by atoms with E-state index in [0.717, 1.165) is 11.3 Å². The normalized spacial score (nSPS) is 25.7. The molecule has 21 heavy (non-hydrogen) atoms. The minimum absolute atomic E-state index is 0.579. The summed E-state index contributed by atoms with van der Waals surface area (Å²) in [5.41, 5.74) is 2.26. The van der Waals surface area contributed by atoms with E-state index in [-0.39, 0.29) is 0 Å². The van der Waals surface area contributed by atoms with Gasteiger partial charge in [-0.1, -0.05) is 18.6 Å². The van der Waals surface area contributed by atoms with Gasteiger partial charge in [-0.25, -0.2) is 4.98 Å². The van der Waals surface area contributed by atoms with Gasteiger partial charge in [0.05, 0.1) is 6.20 Å². The third-order valence-corrected chi connectivity index (χ3v) is 4.79. The quantitative estimate of drug-likeness (QED) is 0.937. The predicted octanol–water partition coefficient (Wildman–Crippen LogP) is 3.38. The van der Waals surface area contributed by atoms with Crippen molar-refractivity contribution in [3.05, 3.63) is 36.9 Å². The van der Waals surface area contributed by atoms with Gasteiger partial charge >= 0.3 is 0 Å². The smallest absolute Gasteiger partial charge is 0.181 e. The fourth-order valence-electron chi connectivity index (χ4n) is 3.75. The zero-order chi connectivity index (χ0) is 14.1. The van der Waals surface area contributed by atoms with Gasteiger partial charge in [0.25, 0.3) is 0 Å². The molecule has 2 atom stereocenters. The number of hydrogen-bond donors (Lipinski definition) is 1. The molecule has 0 amide bonds. The summed E-state index contributed by atoms with van der Waals surface area (Å²) in [6.45, 7) is 2.52. The lowest BCUT2D eigenvalue weighted by Gasteiger charge is -2.33. The summed E-state index contributed by atoms with van der Waals surface area (Å²) in [6, 6.07) is 9.74. The maximum absolute atomic E-state index is 5.38. The summed E-state index contributed by atoms with van der Waals surface area (Å²) in [6.07, 6.45) is 8.56. The Morgan fingerprint density at radius 2 is 2.19 bits per heavy atom. The number of fused-ring (bicyclic) bond motifs is 1. The molecular weight excluding hydrogens is 262 g/mol. The predicted molar refractivity (Wildman–Crippen MR) is 83.2 cm³/mol. The van der Waals surface area contributed by atoms with Crippen LogP contribution in [0.5, 0.6) is 0 Å². The van der Waals surface area contributed by atoms with Crippen LogP contribution in [0.4, 0.5) is 5.69 Å². The Balaban J connectivity index is 1.51. The molecule has 2 saturated heterocycles. The Bertz CT molecular complexity index is 596. The molecule has 0 spiro atoms. The molecule has 2 aliphatic heterocycles. The minimum atomic E-state index is 0.579.